The van der Waals surface area contributed by atoms with E-state index in [1.165, 1.54) is 49.4 Å². The maximum Gasteiger partial charge on any atom is 0.143 e. The number of benzene rings is 9. The lowest BCUT2D eigenvalue weighted by atomic mass is 9.86. The van der Waals surface area contributed by atoms with Crippen LogP contribution < -0.4 is 4.90 Å². The van der Waals surface area contributed by atoms with Crippen LogP contribution in [-0.4, -0.2) is 0 Å². The third-order valence-corrected chi connectivity index (χ3v) is 11.2. The van der Waals surface area contributed by atoms with Crippen LogP contribution in [0.4, 0.5) is 17.1 Å². The van der Waals surface area contributed by atoms with E-state index in [1.807, 2.05) is 0 Å². The molecule has 1 heterocycles. The number of hydrogen-bond acceptors (Lipinski definition) is 2. The van der Waals surface area contributed by atoms with Crippen molar-refractivity contribution in [3.63, 3.8) is 0 Å². The van der Waals surface area contributed by atoms with Gasteiger partial charge in [0.25, 0.3) is 0 Å². The number of para-hydroxylation sites is 3. The lowest BCUT2D eigenvalue weighted by Gasteiger charge is -2.28. The van der Waals surface area contributed by atoms with Crippen molar-refractivity contribution in [3.8, 4) is 33.4 Å². The van der Waals surface area contributed by atoms with Crippen LogP contribution >= 0.6 is 0 Å². The van der Waals surface area contributed by atoms with Gasteiger partial charge in [0.15, 0.2) is 0 Å². The van der Waals surface area contributed by atoms with Crippen LogP contribution in [0.25, 0.3) is 76.9 Å². The number of nitrogens with zero attached hydrogens (tertiary/aromatic N) is 1. The maximum atomic E-state index is 6.78. The lowest BCUT2D eigenvalue weighted by Crippen LogP contribution is -2.11. The van der Waals surface area contributed by atoms with E-state index in [9.17, 15) is 0 Å². The minimum Gasteiger partial charge on any atom is -0.455 e. The van der Waals surface area contributed by atoms with Gasteiger partial charge in [-0.25, -0.2) is 0 Å². The standard InChI is InChI=1S/C54H41NO/c1-54(2,3)50-26-13-25-49-48-24-12-22-45(52(48)56-53(49)50)39-30-34-41(35-31-39)55(40-32-28-38(29-33-40)43-21-10-16-36-14-4-6-18-42(36)43)51-27-9-8-20-47(51)46-23-11-17-37-15-5-7-19-44(37)46/h4-35H,1-3H3. The van der Waals surface area contributed by atoms with Crippen LogP contribution in [0.3, 0.4) is 0 Å². The average molecular weight is 720 g/mol. The molecule has 0 bridgehead atoms. The van der Waals surface area contributed by atoms with Gasteiger partial charge >= 0.3 is 0 Å². The number of fused-ring (bicyclic) bond motifs is 5. The molecule has 0 unspecified atom stereocenters. The molecule has 0 aliphatic heterocycles. The Morgan fingerprint density at radius 1 is 0.357 bits per heavy atom. The minimum absolute atomic E-state index is 0.0337. The predicted octanol–water partition coefficient (Wildman–Crippen LogP) is 15.7. The first-order chi connectivity index (χ1) is 27.4. The van der Waals surface area contributed by atoms with E-state index in [1.54, 1.807) is 0 Å². The van der Waals surface area contributed by atoms with Crippen molar-refractivity contribution in [2.75, 3.05) is 4.90 Å². The number of furan rings is 1. The highest BCUT2D eigenvalue weighted by molar-refractivity contribution is 6.10. The maximum absolute atomic E-state index is 6.78. The molecule has 0 amide bonds. The van der Waals surface area contributed by atoms with Crippen LogP contribution in [0.2, 0.25) is 0 Å². The summed E-state index contributed by atoms with van der Waals surface area (Å²) >= 11 is 0. The highest BCUT2D eigenvalue weighted by atomic mass is 16.3. The van der Waals surface area contributed by atoms with Crippen molar-refractivity contribution in [1.29, 1.82) is 0 Å². The zero-order valence-electron chi connectivity index (χ0n) is 31.8. The molecule has 0 spiro atoms. The molecule has 0 N–H and O–H groups in total. The first kappa shape index (κ1) is 33.7. The molecule has 0 fully saturated rings. The summed E-state index contributed by atoms with van der Waals surface area (Å²) in [6, 6.07) is 70.2. The van der Waals surface area contributed by atoms with Crippen LogP contribution in [0.5, 0.6) is 0 Å². The van der Waals surface area contributed by atoms with Gasteiger partial charge in [0.2, 0.25) is 0 Å². The fourth-order valence-corrected chi connectivity index (χ4v) is 8.48. The van der Waals surface area contributed by atoms with E-state index in [2.05, 4.69) is 220 Å². The summed E-state index contributed by atoms with van der Waals surface area (Å²) in [7, 11) is 0. The van der Waals surface area contributed by atoms with Gasteiger partial charge in [-0.3, -0.25) is 0 Å². The molecule has 10 rings (SSSR count). The number of rotatable bonds is 6. The van der Waals surface area contributed by atoms with E-state index >= 15 is 0 Å². The Labute approximate surface area is 327 Å². The van der Waals surface area contributed by atoms with E-state index < -0.39 is 0 Å². The van der Waals surface area contributed by atoms with Crippen LogP contribution in [0, 0.1) is 0 Å². The van der Waals surface area contributed by atoms with Crippen molar-refractivity contribution >= 4 is 60.5 Å². The Morgan fingerprint density at radius 2 is 0.804 bits per heavy atom. The van der Waals surface area contributed by atoms with E-state index in [-0.39, 0.29) is 5.41 Å². The van der Waals surface area contributed by atoms with Crippen LogP contribution in [0.15, 0.2) is 199 Å². The fraction of sp³-hybridized carbons (Fsp3) is 0.0741. The summed E-state index contributed by atoms with van der Waals surface area (Å²) in [6.07, 6.45) is 0. The molecule has 268 valence electrons. The Hall–Kier alpha value is -6.90. The molecule has 2 nitrogen and oxygen atoms in total. The Morgan fingerprint density at radius 3 is 1.46 bits per heavy atom. The molecule has 10 aromatic rings. The SMILES string of the molecule is CC(C)(C)c1cccc2c1oc1c(-c3ccc(N(c4ccc(-c5cccc6ccccc56)cc4)c4ccccc4-c4cccc5ccccc45)cc3)cccc12. The Bertz CT molecular complexity index is 3040. The molecule has 0 atom stereocenters. The van der Waals surface area contributed by atoms with E-state index in [0.717, 1.165) is 50.1 Å². The molecule has 0 saturated carbocycles. The first-order valence-electron chi connectivity index (χ1n) is 19.4. The normalized spacial score (nSPS) is 11.8. The summed E-state index contributed by atoms with van der Waals surface area (Å²) in [5, 5.41) is 7.26. The van der Waals surface area contributed by atoms with Crippen molar-refractivity contribution in [2.24, 2.45) is 0 Å². The van der Waals surface area contributed by atoms with Gasteiger partial charge in [0, 0.05) is 38.8 Å². The highest BCUT2D eigenvalue weighted by Gasteiger charge is 2.23. The van der Waals surface area contributed by atoms with Gasteiger partial charge in [-0.2, -0.15) is 0 Å². The van der Waals surface area contributed by atoms with Crippen molar-refractivity contribution in [2.45, 2.75) is 26.2 Å². The average Bonchev–Trinajstić information content (AvgIpc) is 3.63. The monoisotopic (exact) mass is 719 g/mol. The van der Waals surface area contributed by atoms with Gasteiger partial charge in [-0.15, -0.1) is 0 Å². The molecule has 9 aromatic carbocycles. The molecular formula is C54H41NO. The van der Waals surface area contributed by atoms with E-state index in [0.29, 0.717) is 0 Å². The molecule has 2 heteroatoms. The Balaban J connectivity index is 1.12. The zero-order valence-corrected chi connectivity index (χ0v) is 31.8. The molecule has 1 aromatic heterocycles. The summed E-state index contributed by atoms with van der Waals surface area (Å²) in [6.45, 7) is 6.74. The second-order valence-electron chi connectivity index (χ2n) is 15.7. The summed E-state index contributed by atoms with van der Waals surface area (Å²) in [4.78, 5) is 2.39. The van der Waals surface area contributed by atoms with Crippen LogP contribution in [-0.2, 0) is 5.41 Å². The first-order valence-corrected chi connectivity index (χ1v) is 19.4. The number of hydrogen-bond donors (Lipinski definition) is 0. The van der Waals surface area contributed by atoms with Gasteiger partial charge in [0.05, 0.1) is 5.69 Å². The molecule has 0 aliphatic carbocycles. The highest BCUT2D eigenvalue weighted by Crippen LogP contribution is 2.45. The van der Waals surface area contributed by atoms with E-state index in [4.69, 9.17) is 4.42 Å². The van der Waals surface area contributed by atoms with Gasteiger partial charge in [-0.05, 0) is 79.5 Å². The Kier molecular flexibility index (Phi) is 8.08. The van der Waals surface area contributed by atoms with Gasteiger partial charge < -0.3 is 9.32 Å². The molecule has 0 saturated heterocycles. The molecular weight excluding hydrogens is 679 g/mol. The largest absolute Gasteiger partial charge is 0.455 e. The molecule has 56 heavy (non-hydrogen) atoms. The zero-order chi connectivity index (χ0) is 37.8. The molecule has 0 aliphatic rings. The third kappa shape index (κ3) is 5.74. The summed E-state index contributed by atoms with van der Waals surface area (Å²) < 4.78 is 6.78. The second-order valence-corrected chi connectivity index (χ2v) is 15.7. The van der Waals surface area contributed by atoms with Gasteiger partial charge in [0.1, 0.15) is 11.2 Å². The van der Waals surface area contributed by atoms with Crippen molar-refractivity contribution in [1.82, 2.24) is 0 Å². The topological polar surface area (TPSA) is 16.4 Å². The summed E-state index contributed by atoms with van der Waals surface area (Å²) in [5.41, 5.74) is 13.4. The minimum atomic E-state index is -0.0337. The van der Waals surface area contributed by atoms with Crippen LogP contribution in [0.1, 0.15) is 26.3 Å². The quantitative estimate of drug-likeness (QED) is 0.170. The number of anilines is 3. The van der Waals surface area contributed by atoms with Crippen molar-refractivity contribution in [3.05, 3.63) is 200 Å². The fourth-order valence-electron chi connectivity index (χ4n) is 8.48. The smallest absolute Gasteiger partial charge is 0.143 e. The van der Waals surface area contributed by atoms with Crippen molar-refractivity contribution < 1.29 is 4.42 Å². The second kappa shape index (κ2) is 13.4. The summed E-state index contributed by atoms with van der Waals surface area (Å²) in [5.74, 6) is 0. The third-order valence-electron chi connectivity index (χ3n) is 11.2. The predicted molar refractivity (Wildman–Crippen MR) is 238 cm³/mol. The molecule has 0 radical (unpaired) electrons. The van der Waals surface area contributed by atoms with Gasteiger partial charge in [-0.1, -0.05) is 185 Å². The lowest BCUT2D eigenvalue weighted by molar-refractivity contribution is 0.573.